The Morgan fingerprint density at radius 3 is 2.77 bits per heavy atom. The molecule has 6 nitrogen and oxygen atoms in total. The molecule has 1 aromatic heterocycles. The van der Waals surface area contributed by atoms with Crippen LogP contribution in [0.5, 0.6) is 0 Å². The minimum Gasteiger partial charge on any atom is -0.356 e. The van der Waals surface area contributed by atoms with Gasteiger partial charge in [0.15, 0.2) is 11.1 Å². The molecule has 1 aliphatic carbocycles. The van der Waals surface area contributed by atoms with Crippen LogP contribution in [0.25, 0.3) is 0 Å². The highest BCUT2D eigenvalue weighted by molar-refractivity contribution is 14.0. The normalized spacial score (nSPS) is 14.6. The lowest BCUT2D eigenvalue weighted by atomic mass is 10.2. The number of rotatable bonds is 8. The van der Waals surface area contributed by atoms with Gasteiger partial charge in [0.25, 0.3) is 0 Å². The molecule has 3 rings (SSSR count). The minimum atomic E-state index is -0.213. The molecule has 166 valence electrons. The van der Waals surface area contributed by atoms with Crippen LogP contribution in [0.1, 0.15) is 49.5 Å². The number of aryl methyl sites for hydroxylation is 1. The third-order valence-electron chi connectivity index (χ3n) is 5.35. The van der Waals surface area contributed by atoms with Gasteiger partial charge in [0.05, 0.1) is 0 Å². The van der Waals surface area contributed by atoms with Crippen LogP contribution in [0.15, 0.2) is 34.4 Å². The fraction of sp³-hybridized carbons (Fsp3) is 0.571. The molecule has 0 unspecified atom stereocenters. The molecule has 0 atom stereocenters. The molecule has 9 heteroatoms. The van der Waals surface area contributed by atoms with Gasteiger partial charge in [-0.2, -0.15) is 0 Å². The maximum Gasteiger partial charge on any atom is 0.193 e. The maximum atomic E-state index is 13.4. The van der Waals surface area contributed by atoms with E-state index in [-0.39, 0.29) is 29.8 Å². The zero-order valence-electron chi connectivity index (χ0n) is 18.0. The molecule has 0 amide bonds. The molecule has 1 aromatic carbocycles. The molecule has 30 heavy (non-hydrogen) atoms. The molecule has 0 radical (unpaired) electrons. The van der Waals surface area contributed by atoms with E-state index in [1.54, 1.807) is 30.9 Å². The summed E-state index contributed by atoms with van der Waals surface area (Å²) in [5, 5.41) is 13.3. The predicted octanol–water partition coefficient (Wildman–Crippen LogP) is 4.51. The van der Waals surface area contributed by atoms with Gasteiger partial charge in [0.2, 0.25) is 0 Å². The molecule has 0 spiro atoms. The van der Waals surface area contributed by atoms with Crippen LogP contribution in [0.2, 0.25) is 0 Å². The van der Waals surface area contributed by atoms with Gasteiger partial charge in [-0.1, -0.05) is 36.7 Å². The van der Waals surface area contributed by atoms with Crippen LogP contribution in [-0.2, 0) is 13.0 Å². The van der Waals surface area contributed by atoms with Crippen molar-refractivity contribution in [2.75, 3.05) is 26.9 Å². The van der Waals surface area contributed by atoms with Gasteiger partial charge >= 0.3 is 0 Å². The Morgan fingerprint density at radius 1 is 1.33 bits per heavy atom. The summed E-state index contributed by atoms with van der Waals surface area (Å²) >= 11 is 1.68. The van der Waals surface area contributed by atoms with Crippen molar-refractivity contribution in [3.05, 3.63) is 41.5 Å². The molecular formula is C21H32FIN6S. The van der Waals surface area contributed by atoms with Gasteiger partial charge in [0, 0.05) is 39.6 Å². The summed E-state index contributed by atoms with van der Waals surface area (Å²) in [7, 11) is 3.73. The summed E-state index contributed by atoms with van der Waals surface area (Å²) in [4.78, 5) is 6.35. The summed E-state index contributed by atoms with van der Waals surface area (Å²) in [5.41, 5.74) is 0.921. The number of guanidine groups is 1. The van der Waals surface area contributed by atoms with E-state index in [1.807, 2.05) is 18.0 Å². The number of hydrogen-bond acceptors (Lipinski definition) is 4. The summed E-state index contributed by atoms with van der Waals surface area (Å²) < 4.78 is 15.8. The summed E-state index contributed by atoms with van der Waals surface area (Å²) in [6, 6.07) is 7.23. The van der Waals surface area contributed by atoms with Gasteiger partial charge in [-0.25, -0.2) is 4.39 Å². The third kappa shape index (κ3) is 6.57. The van der Waals surface area contributed by atoms with E-state index in [2.05, 4.69) is 31.3 Å². The van der Waals surface area contributed by atoms with Crippen LogP contribution in [0, 0.1) is 5.82 Å². The Balaban J connectivity index is 0.00000320. The van der Waals surface area contributed by atoms with Crippen molar-refractivity contribution in [2.24, 2.45) is 4.99 Å². The van der Waals surface area contributed by atoms with Crippen molar-refractivity contribution in [3.63, 3.8) is 0 Å². The molecule has 0 saturated heterocycles. The topological polar surface area (TPSA) is 58.3 Å². The van der Waals surface area contributed by atoms with E-state index in [9.17, 15) is 4.39 Å². The van der Waals surface area contributed by atoms with Gasteiger partial charge < -0.3 is 14.8 Å². The van der Waals surface area contributed by atoms with Crippen LogP contribution >= 0.6 is 35.7 Å². The summed E-state index contributed by atoms with van der Waals surface area (Å²) in [6.07, 6.45) is 8.97. The standard InChI is InChI=1S/C21H31FN6S.HI/c1-23-20(27(2)15-16-8-6-9-17(22)14-16)24-13-7-12-19-25-26-21(29-3)28(19)18-10-4-5-11-18;/h6,8-9,14,18H,4-5,7,10-13,15H2,1-3H3,(H,23,24);1H. The number of aromatic nitrogens is 3. The Hall–Kier alpha value is -1.36. The molecule has 1 N–H and O–H groups in total. The van der Waals surface area contributed by atoms with Crippen molar-refractivity contribution in [3.8, 4) is 0 Å². The van der Waals surface area contributed by atoms with Crippen molar-refractivity contribution >= 4 is 41.7 Å². The summed E-state index contributed by atoms with van der Waals surface area (Å²) in [6.45, 7) is 1.40. The highest BCUT2D eigenvalue weighted by Crippen LogP contribution is 2.33. The highest BCUT2D eigenvalue weighted by atomic mass is 127. The fourth-order valence-electron chi connectivity index (χ4n) is 3.96. The zero-order valence-corrected chi connectivity index (χ0v) is 21.1. The fourth-order valence-corrected chi connectivity index (χ4v) is 4.54. The molecular weight excluding hydrogens is 514 g/mol. The third-order valence-corrected chi connectivity index (χ3v) is 5.99. The number of thioether (sulfide) groups is 1. The average Bonchev–Trinajstić information content (AvgIpc) is 3.37. The Kier molecular flexibility index (Phi) is 10.4. The molecule has 1 saturated carbocycles. The Morgan fingerprint density at radius 2 is 2.10 bits per heavy atom. The van der Waals surface area contributed by atoms with E-state index in [4.69, 9.17) is 0 Å². The van der Waals surface area contributed by atoms with Gasteiger partial charge in [-0.15, -0.1) is 34.2 Å². The van der Waals surface area contributed by atoms with Crippen LogP contribution in [0.4, 0.5) is 4.39 Å². The lowest BCUT2D eigenvalue weighted by molar-refractivity contribution is 0.457. The smallest absolute Gasteiger partial charge is 0.193 e. The first-order valence-electron chi connectivity index (χ1n) is 10.3. The zero-order chi connectivity index (χ0) is 20.6. The number of benzene rings is 1. The first kappa shape index (κ1) is 24.9. The van der Waals surface area contributed by atoms with E-state index in [0.717, 1.165) is 41.9 Å². The molecule has 1 aliphatic rings. The van der Waals surface area contributed by atoms with Crippen LogP contribution in [0.3, 0.4) is 0 Å². The van der Waals surface area contributed by atoms with Crippen LogP contribution < -0.4 is 5.32 Å². The number of hydrogen-bond donors (Lipinski definition) is 1. The van der Waals surface area contributed by atoms with Gasteiger partial charge in [0.1, 0.15) is 11.6 Å². The highest BCUT2D eigenvalue weighted by Gasteiger charge is 2.23. The van der Waals surface area contributed by atoms with Gasteiger partial charge in [-0.05, 0) is 43.2 Å². The number of aliphatic imine (C=N–C) groups is 1. The van der Waals surface area contributed by atoms with Crippen molar-refractivity contribution in [1.29, 1.82) is 0 Å². The second-order valence-electron chi connectivity index (χ2n) is 7.47. The van der Waals surface area contributed by atoms with E-state index < -0.39 is 0 Å². The first-order chi connectivity index (χ1) is 14.1. The van der Waals surface area contributed by atoms with Crippen LogP contribution in [-0.4, -0.2) is 52.5 Å². The molecule has 1 fully saturated rings. The SMILES string of the molecule is CN=C(NCCCc1nnc(SC)n1C1CCCC1)N(C)Cc1cccc(F)c1.I. The quantitative estimate of drug-likeness (QED) is 0.174. The molecule has 2 aromatic rings. The molecule has 1 heterocycles. The summed E-state index contributed by atoms with van der Waals surface area (Å²) in [5.74, 6) is 1.68. The van der Waals surface area contributed by atoms with Crippen molar-refractivity contribution in [1.82, 2.24) is 25.0 Å². The monoisotopic (exact) mass is 546 g/mol. The van der Waals surface area contributed by atoms with E-state index in [0.29, 0.717) is 12.6 Å². The maximum absolute atomic E-state index is 13.4. The molecule has 0 aliphatic heterocycles. The lowest BCUT2D eigenvalue weighted by Gasteiger charge is -2.22. The number of nitrogens with one attached hydrogen (secondary N) is 1. The lowest BCUT2D eigenvalue weighted by Crippen LogP contribution is -2.39. The van der Waals surface area contributed by atoms with Crippen molar-refractivity contribution < 1.29 is 4.39 Å². The predicted molar refractivity (Wildman–Crippen MR) is 132 cm³/mol. The largest absolute Gasteiger partial charge is 0.356 e. The number of halogens is 2. The second kappa shape index (κ2) is 12.5. The molecule has 0 bridgehead atoms. The van der Waals surface area contributed by atoms with Crippen molar-refractivity contribution in [2.45, 2.75) is 56.3 Å². The Bertz CT molecular complexity index is 822. The second-order valence-corrected chi connectivity index (χ2v) is 8.25. The van der Waals surface area contributed by atoms with E-state index >= 15 is 0 Å². The van der Waals surface area contributed by atoms with Gasteiger partial charge in [-0.3, -0.25) is 4.99 Å². The minimum absolute atomic E-state index is 0. The number of nitrogens with zero attached hydrogens (tertiary/aromatic N) is 5. The first-order valence-corrected chi connectivity index (χ1v) is 11.5. The Labute approximate surface area is 200 Å². The average molecular weight is 546 g/mol. The van der Waals surface area contributed by atoms with E-state index in [1.165, 1.54) is 31.7 Å².